The monoisotopic (exact) mass is 376 g/mol. The van der Waals surface area contributed by atoms with Crippen molar-refractivity contribution in [3.05, 3.63) is 69.7 Å². The van der Waals surface area contributed by atoms with Crippen molar-refractivity contribution in [3.63, 3.8) is 0 Å². The van der Waals surface area contributed by atoms with Gasteiger partial charge in [-0.15, -0.1) is 0 Å². The zero-order chi connectivity index (χ0) is 18.4. The molecule has 2 aromatic carbocycles. The number of nitrogens with one attached hydrogen (secondary N) is 1. The Hall–Kier alpha value is -2.14. The highest BCUT2D eigenvalue weighted by Crippen LogP contribution is 2.22. The summed E-state index contributed by atoms with van der Waals surface area (Å²) in [6.07, 6.45) is 3.08. The van der Waals surface area contributed by atoms with Crippen LogP contribution < -0.4 is 5.32 Å². The van der Waals surface area contributed by atoms with Crippen LogP contribution in [0.25, 0.3) is 6.08 Å². The number of halogens is 2. The summed E-state index contributed by atoms with van der Waals surface area (Å²) < 4.78 is 0. The highest BCUT2D eigenvalue weighted by atomic mass is 35.5. The molecule has 0 aromatic heterocycles. The molecule has 25 heavy (non-hydrogen) atoms. The van der Waals surface area contributed by atoms with E-state index in [0.29, 0.717) is 26.9 Å². The van der Waals surface area contributed by atoms with Crippen LogP contribution in [0.5, 0.6) is 0 Å². The molecule has 4 nitrogen and oxygen atoms in total. The third kappa shape index (κ3) is 6.02. The third-order valence-electron chi connectivity index (χ3n) is 3.27. The van der Waals surface area contributed by atoms with Crippen LogP contribution in [0.1, 0.15) is 15.9 Å². The minimum absolute atomic E-state index is 0.141. The Kier molecular flexibility index (Phi) is 6.76. The van der Waals surface area contributed by atoms with Crippen molar-refractivity contribution in [3.8, 4) is 0 Å². The van der Waals surface area contributed by atoms with Crippen molar-refractivity contribution in [2.75, 3.05) is 26.0 Å². The van der Waals surface area contributed by atoms with E-state index in [2.05, 4.69) is 5.32 Å². The van der Waals surface area contributed by atoms with Gasteiger partial charge in [0.25, 0.3) is 0 Å². The molecule has 0 spiro atoms. The average molecular weight is 377 g/mol. The lowest BCUT2D eigenvalue weighted by Crippen LogP contribution is -2.27. The Balaban J connectivity index is 2.10. The summed E-state index contributed by atoms with van der Waals surface area (Å²) in [6, 6.07) is 11.9. The van der Waals surface area contributed by atoms with Gasteiger partial charge in [-0.3, -0.25) is 9.59 Å². The predicted molar refractivity (Wildman–Crippen MR) is 103 cm³/mol. The number of hydrogen-bond donors (Lipinski definition) is 1. The highest BCUT2D eigenvalue weighted by Gasteiger charge is 2.07. The fraction of sp³-hybridized carbons (Fsp3) is 0.158. The van der Waals surface area contributed by atoms with Gasteiger partial charge in [0, 0.05) is 21.3 Å². The number of nitrogens with zero attached hydrogens (tertiary/aromatic N) is 1. The van der Waals surface area contributed by atoms with Crippen LogP contribution in [0.15, 0.2) is 48.5 Å². The molecular formula is C19H18Cl2N2O2. The van der Waals surface area contributed by atoms with Gasteiger partial charge in [0.15, 0.2) is 5.78 Å². The van der Waals surface area contributed by atoms with Crippen molar-refractivity contribution in [1.82, 2.24) is 4.90 Å². The van der Waals surface area contributed by atoms with Gasteiger partial charge < -0.3 is 10.2 Å². The standard InChI is InChI=1S/C19H18Cl2N2O2/c1-23(2)12-19(25)22-16-5-3-4-14(10-16)18(24)9-7-13-6-8-15(20)11-17(13)21/h3-11H,12H2,1-2H3,(H,22,25). The molecule has 0 fully saturated rings. The molecule has 0 aliphatic rings. The van der Waals surface area contributed by atoms with Crippen LogP contribution >= 0.6 is 23.2 Å². The highest BCUT2D eigenvalue weighted by molar-refractivity contribution is 6.35. The largest absolute Gasteiger partial charge is 0.325 e. The predicted octanol–water partition coefficient (Wildman–Crippen LogP) is 4.39. The van der Waals surface area contributed by atoms with Gasteiger partial charge in [0.05, 0.1) is 6.54 Å². The molecule has 2 aromatic rings. The first-order chi connectivity index (χ1) is 11.8. The Bertz CT molecular complexity index is 817. The summed E-state index contributed by atoms with van der Waals surface area (Å²) in [6.45, 7) is 0.271. The minimum atomic E-state index is -0.185. The normalized spacial score (nSPS) is 11.1. The lowest BCUT2D eigenvalue weighted by atomic mass is 10.1. The second-order valence-electron chi connectivity index (χ2n) is 5.73. The zero-order valence-corrected chi connectivity index (χ0v) is 15.4. The molecule has 0 radical (unpaired) electrons. The van der Waals surface area contributed by atoms with E-state index in [-0.39, 0.29) is 18.2 Å². The van der Waals surface area contributed by atoms with Crippen LogP contribution in [-0.2, 0) is 4.79 Å². The Morgan fingerprint density at radius 1 is 1.12 bits per heavy atom. The molecule has 0 atom stereocenters. The van der Waals surface area contributed by atoms with E-state index in [1.807, 2.05) is 14.1 Å². The maximum atomic E-state index is 12.3. The third-order valence-corrected chi connectivity index (χ3v) is 3.83. The molecule has 0 aliphatic carbocycles. The number of ketones is 1. The Labute approximate surface area is 157 Å². The zero-order valence-electron chi connectivity index (χ0n) is 13.9. The van der Waals surface area contributed by atoms with E-state index in [9.17, 15) is 9.59 Å². The number of likely N-dealkylation sites (N-methyl/N-ethyl adjacent to an activating group) is 1. The van der Waals surface area contributed by atoms with E-state index < -0.39 is 0 Å². The van der Waals surface area contributed by atoms with Gasteiger partial charge >= 0.3 is 0 Å². The molecule has 0 saturated heterocycles. The molecule has 0 aliphatic heterocycles. The summed E-state index contributed by atoms with van der Waals surface area (Å²) in [5.41, 5.74) is 1.76. The lowest BCUT2D eigenvalue weighted by molar-refractivity contribution is -0.116. The van der Waals surface area contributed by atoms with Crippen LogP contribution in [0.2, 0.25) is 10.0 Å². The van der Waals surface area contributed by atoms with Crippen molar-refractivity contribution in [2.24, 2.45) is 0 Å². The van der Waals surface area contributed by atoms with Gasteiger partial charge in [0.1, 0.15) is 0 Å². The lowest BCUT2D eigenvalue weighted by Gasteiger charge is -2.10. The first-order valence-electron chi connectivity index (χ1n) is 7.57. The van der Waals surface area contributed by atoms with Crippen molar-refractivity contribution >= 4 is 46.7 Å². The van der Waals surface area contributed by atoms with Crippen LogP contribution in [0, 0.1) is 0 Å². The van der Waals surface area contributed by atoms with Crippen LogP contribution in [-0.4, -0.2) is 37.2 Å². The first-order valence-corrected chi connectivity index (χ1v) is 8.33. The Morgan fingerprint density at radius 3 is 2.56 bits per heavy atom. The van der Waals surface area contributed by atoms with E-state index in [1.54, 1.807) is 53.4 Å². The fourth-order valence-corrected chi connectivity index (χ4v) is 2.61. The van der Waals surface area contributed by atoms with Crippen molar-refractivity contribution < 1.29 is 9.59 Å². The second kappa shape index (κ2) is 8.81. The number of hydrogen-bond acceptors (Lipinski definition) is 3. The maximum absolute atomic E-state index is 12.3. The van der Waals surface area contributed by atoms with Gasteiger partial charge in [-0.2, -0.15) is 0 Å². The number of anilines is 1. The molecule has 0 bridgehead atoms. The molecule has 0 unspecified atom stereocenters. The summed E-state index contributed by atoms with van der Waals surface area (Å²) in [7, 11) is 3.62. The molecular weight excluding hydrogens is 359 g/mol. The van der Waals surface area contributed by atoms with E-state index in [4.69, 9.17) is 23.2 Å². The van der Waals surface area contributed by atoms with E-state index in [1.165, 1.54) is 6.08 Å². The SMILES string of the molecule is CN(C)CC(=O)Nc1cccc(C(=O)C=Cc2ccc(Cl)cc2Cl)c1. The van der Waals surface area contributed by atoms with Crippen LogP contribution in [0.4, 0.5) is 5.69 Å². The molecule has 2 rings (SSSR count). The fourth-order valence-electron chi connectivity index (χ4n) is 2.14. The molecule has 6 heteroatoms. The average Bonchev–Trinajstić information content (AvgIpc) is 2.53. The second-order valence-corrected chi connectivity index (χ2v) is 6.57. The van der Waals surface area contributed by atoms with E-state index in [0.717, 1.165) is 0 Å². The van der Waals surface area contributed by atoms with Gasteiger partial charge in [0.2, 0.25) is 5.91 Å². The van der Waals surface area contributed by atoms with Crippen molar-refractivity contribution in [2.45, 2.75) is 0 Å². The topological polar surface area (TPSA) is 49.4 Å². The molecule has 1 N–H and O–H groups in total. The molecule has 0 saturated carbocycles. The van der Waals surface area contributed by atoms with Gasteiger partial charge in [-0.25, -0.2) is 0 Å². The smallest absolute Gasteiger partial charge is 0.238 e. The summed E-state index contributed by atoms with van der Waals surface area (Å²) in [5.74, 6) is -0.326. The quantitative estimate of drug-likeness (QED) is 0.600. The molecule has 130 valence electrons. The number of allylic oxidation sites excluding steroid dienone is 1. The molecule has 0 heterocycles. The minimum Gasteiger partial charge on any atom is -0.325 e. The van der Waals surface area contributed by atoms with Crippen LogP contribution in [0.3, 0.4) is 0 Å². The number of carbonyl (C=O) groups is 2. The number of amides is 1. The van der Waals surface area contributed by atoms with Gasteiger partial charge in [-0.1, -0.05) is 41.4 Å². The summed E-state index contributed by atoms with van der Waals surface area (Å²) >= 11 is 11.9. The molecule has 1 amide bonds. The summed E-state index contributed by atoms with van der Waals surface area (Å²) in [5, 5.41) is 3.78. The van der Waals surface area contributed by atoms with Gasteiger partial charge in [-0.05, 0) is 56.1 Å². The van der Waals surface area contributed by atoms with E-state index >= 15 is 0 Å². The van der Waals surface area contributed by atoms with Crippen molar-refractivity contribution in [1.29, 1.82) is 0 Å². The Morgan fingerprint density at radius 2 is 1.88 bits per heavy atom. The first kappa shape index (κ1) is 19.2. The number of benzene rings is 2. The summed E-state index contributed by atoms with van der Waals surface area (Å²) in [4.78, 5) is 25.9. The number of rotatable bonds is 6. The maximum Gasteiger partial charge on any atom is 0.238 e. The number of carbonyl (C=O) groups excluding carboxylic acids is 2.